The maximum atomic E-state index is 13.1. The van der Waals surface area contributed by atoms with Crippen LogP contribution in [0.1, 0.15) is 27.4 Å². The summed E-state index contributed by atoms with van der Waals surface area (Å²) in [5.41, 5.74) is 5.69. The Morgan fingerprint density at radius 3 is 2.68 bits per heavy atom. The Hall–Kier alpha value is -3.71. The van der Waals surface area contributed by atoms with Gasteiger partial charge in [0, 0.05) is 59.8 Å². The zero-order chi connectivity index (χ0) is 23.7. The van der Waals surface area contributed by atoms with Crippen LogP contribution in [0.3, 0.4) is 0 Å². The fourth-order valence-electron chi connectivity index (χ4n) is 4.32. The molecule has 1 aliphatic rings. The van der Waals surface area contributed by atoms with Gasteiger partial charge in [-0.1, -0.05) is 30.3 Å². The van der Waals surface area contributed by atoms with Crippen LogP contribution >= 0.6 is 11.8 Å². The first-order valence-electron chi connectivity index (χ1n) is 11.2. The summed E-state index contributed by atoms with van der Waals surface area (Å²) in [6.07, 6.45) is 2.03. The van der Waals surface area contributed by atoms with Crippen LogP contribution in [-0.2, 0) is 4.79 Å². The smallest absolute Gasteiger partial charge is 0.251 e. The Bertz CT molecular complexity index is 1360. The summed E-state index contributed by atoms with van der Waals surface area (Å²) < 4.78 is 0. The quantitative estimate of drug-likeness (QED) is 0.377. The number of fused-ring (bicyclic) bond motifs is 2. The van der Waals surface area contributed by atoms with Crippen molar-refractivity contribution in [1.82, 2.24) is 10.3 Å². The largest absolute Gasteiger partial charge is 0.378 e. The molecule has 2 heterocycles. The number of hydrogen-bond donors (Lipinski definition) is 3. The first-order chi connectivity index (χ1) is 16.5. The lowest BCUT2D eigenvalue weighted by Gasteiger charge is -2.20. The highest BCUT2D eigenvalue weighted by Crippen LogP contribution is 2.33. The summed E-state index contributed by atoms with van der Waals surface area (Å²) >= 11 is 1.48. The second-order valence-corrected chi connectivity index (χ2v) is 9.60. The molecule has 3 N–H and O–H groups in total. The van der Waals surface area contributed by atoms with Gasteiger partial charge in [0.2, 0.25) is 5.91 Å². The van der Waals surface area contributed by atoms with Crippen LogP contribution in [0.5, 0.6) is 0 Å². The van der Waals surface area contributed by atoms with Gasteiger partial charge in [-0.05, 0) is 47.5 Å². The topological polar surface area (TPSA) is 77.2 Å². The van der Waals surface area contributed by atoms with Crippen LogP contribution < -0.4 is 15.5 Å². The molecule has 0 fully saturated rings. The number of para-hydroxylation sites is 1. The van der Waals surface area contributed by atoms with E-state index in [4.69, 9.17) is 0 Å². The molecule has 172 valence electrons. The lowest BCUT2D eigenvalue weighted by atomic mass is 9.90. The maximum absolute atomic E-state index is 13.1. The molecule has 0 saturated heterocycles. The minimum absolute atomic E-state index is 0.0239. The molecule has 0 bridgehead atoms. The normalized spacial score (nSPS) is 13.8. The molecule has 7 heteroatoms. The van der Waals surface area contributed by atoms with Gasteiger partial charge in [0.1, 0.15) is 0 Å². The molecule has 0 saturated carbocycles. The van der Waals surface area contributed by atoms with Crippen LogP contribution in [0.25, 0.3) is 10.9 Å². The Kier molecular flexibility index (Phi) is 6.02. The van der Waals surface area contributed by atoms with E-state index in [1.165, 1.54) is 11.8 Å². The van der Waals surface area contributed by atoms with Crippen molar-refractivity contribution in [3.63, 3.8) is 0 Å². The molecule has 2 amide bonds. The third-order valence-corrected chi connectivity index (χ3v) is 7.22. The van der Waals surface area contributed by atoms with Gasteiger partial charge in [-0.2, -0.15) is 0 Å². The van der Waals surface area contributed by atoms with E-state index in [0.29, 0.717) is 23.5 Å². The van der Waals surface area contributed by atoms with Gasteiger partial charge in [-0.15, -0.1) is 11.8 Å². The van der Waals surface area contributed by atoms with Crippen molar-refractivity contribution in [2.45, 2.75) is 10.8 Å². The van der Waals surface area contributed by atoms with Crippen LogP contribution in [-0.4, -0.2) is 43.2 Å². The fourth-order valence-corrected chi connectivity index (χ4v) is 5.10. The molecule has 1 aromatic heterocycles. The Labute approximate surface area is 202 Å². The van der Waals surface area contributed by atoms with E-state index >= 15 is 0 Å². The molecular formula is C27H26N4O2S. The predicted molar refractivity (Wildman–Crippen MR) is 139 cm³/mol. The number of amides is 2. The van der Waals surface area contributed by atoms with E-state index in [2.05, 4.69) is 56.9 Å². The molecule has 34 heavy (non-hydrogen) atoms. The molecule has 5 rings (SSSR count). The zero-order valence-electron chi connectivity index (χ0n) is 19.1. The monoisotopic (exact) mass is 470 g/mol. The SMILES string of the molecule is CN(C)c1ccc(C(CNC(=O)c2ccc3c(c2)NC(=O)CS3)c2c[nH]c3ccccc23)cc1. The van der Waals surface area contributed by atoms with Gasteiger partial charge in [0.15, 0.2) is 0 Å². The first kappa shape index (κ1) is 22.1. The Balaban J connectivity index is 1.42. The average Bonchev–Trinajstić information content (AvgIpc) is 3.28. The number of hydrogen-bond acceptors (Lipinski definition) is 4. The number of H-pyrrole nitrogens is 1. The second kappa shape index (κ2) is 9.27. The van der Waals surface area contributed by atoms with E-state index < -0.39 is 0 Å². The molecule has 1 atom stereocenters. The third kappa shape index (κ3) is 4.39. The Morgan fingerprint density at radius 2 is 1.88 bits per heavy atom. The number of anilines is 2. The molecule has 6 nitrogen and oxygen atoms in total. The lowest BCUT2D eigenvalue weighted by Crippen LogP contribution is -2.29. The minimum Gasteiger partial charge on any atom is -0.378 e. The summed E-state index contributed by atoms with van der Waals surface area (Å²) in [7, 11) is 4.04. The standard InChI is InChI=1S/C27H26N4O2S/c1-31(2)19-10-7-17(8-11-19)21(22-15-28-23-6-4-3-5-20(22)23)14-29-27(33)18-9-12-25-24(13-18)30-26(32)16-34-25/h3-13,15,21,28H,14,16H2,1-2H3,(H,29,33)(H,30,32). The molecule has 3 aromatic carbocycles. The maximum Gasteiger partial charge on any atom is 0.251 e. The van der Waals surface area contributed by atoms with Crippen LogP contribution in [0, 0.1) is 0 Å². The number of aromatic nitrogens is 1. The number of nitrogens with zero attached hydrogens (tertiary/aromatic N) is 1. The number of carbonyl (C=O) groups is 2. The van der Waals surface area contributed by atoms with Crippen LogP contribution in [0.2, 0.25) is 0 Å². The zero-order valence-corrected chi connectivity index (χ0v) is 19.9. The van der Waals surface area contributed by atoms with Crippen LogP contribution in [0.4, 0.5) is 11.4 Å². The number of aromatic amines is 1. The van der Waals surface area contributed by atoms with E-state index in [0.717, 1.165) is 32.6 Å². The first-order valence-corrected chi connectivity index (χ1v) is 12.2. The highest BCUT2D eigenvalue weighted by atomic mass is 32.2. The van der Waals surface area contributed by atoms with E-state index in [-0.39, 0.29) is 17.7 Å². The van der Waals surface area contributed by atoms with Crippen molar-refractivity contribution in [2.75, 3.05) is 36.6 Å². The third-order valence-electron chi connectivity index (χ3n) is 6.15. The van der Waals surface area contributed by atoms with Crippen molar-refractivity contribution in [1.29, 1.82) is 0 Å². The van der Waals surface area contributed by atoms with Crippen molar-refractivity contribution in [3.8, 4) is 0 Å². The highest BCUT2D eigenvalue weighted by molar-refractivity contribution is 8.00. The second-order valence-electron chi connectivity index (χ2n) is 8.59. The van der Waals surface area contributed by atoms with Crippen molar-refractivity contribution in [2.24, 2.45) is 0 Å². The molecule has 0 aliphatic carbocycles. The summed E-state index contributed by atoms with van der Waals surface area (Å²) in [6.45, 7) is 0.445. The molecular weight excluding hydrogens is 444 g/mol. The van der Waals surface area contributed by atoms with Crippen molar-refractivity contribution in [3.05, 3.63) is 89.6 Å². The average molecular weight is 471 g/mol. The van der Waals surface area contributed by atoms with Gasteiger partial charge in [-0.3, -0.25) is 9.59 Å². The summed E-state index contributed by atoms with van der Waals surface area (Å²) in [5, 5.41) is 7.12. The van der Waals surface area contributed by atoms with Crippen molar-refractivity contribution >= 4 is 45.9 Å². The molecule has 1 unspecified atom stereocenters. The van der Waals surface area contributed by atoms with E-state index in [9.17, 15) is 9.59 Å². The van der Waals surface area contributed by atoms with Gasteiger partial charge in [0.25, 0.3) is 5.91 Å². The molecule has 1 aliphatic heterocycles. The van der Waals surface area contributed by atoms with Gasteiger partial charge in [0.05, 0.1) is 11.4 Å². The number of benzene rings is 3. The highest BCUT2D eigenvalue weighted by Gasteiger charge is 2.21. The molecule has 0 spiro atoms. The van der Waals surface area contributed by atoms with E-state index in [1.807, 2.05) is 44.6 Å². The number of nitrogens with one attached hydrogen (secondary N) is 3. The summed E-state index contributed by atoms with van der Waals surface area (Å²) in [5.74, 6) is 0.166. The van der Waals surface area contributed by atoms with Gasteiger partial charge >= 0.3 is 0 Å². The fraction of sp³-hybridized carbons (Fsp3) is 0.185. The van der Waals surface area contributed by atoms with Gasteiger partial charge in [-0.25, -0.2) is 0 Å². The molecule has 0 radical (unpaired) electrons. The van der Waals surface area contributed by atoms with E-state index in [1.54, 1.807) is 6.07 Å². The predicted octanol–water partition coefficient (Wildman–Crippen LogP) is 4.84. The van der Waals surface area contributed by atoms with Gasteiger partial charge < -0.3 is 20.5 Å². The number of carbonyl (C=O) groups excluding carboxylic acids is 2. The lowest BCUT2D eigenvalue weighted by molar-refractivity contribution is -0.113. The number of rotatable bonds is 6. The summed E-state index contributed by atoms with van der Waals surface area (Å²) in [4.78, 5) is 31.2. The Morgan fingerprint density at radius 1 is 1.09 bits per heavy atom. The minimum atomic E-state index is -0.164. The summed E-state index contributed by atoms with van der Waals surface area (Å²) in [6, 6.07) is 22.1. The molecule has 4 aromatic rings. The number of thioether (sulfide) groups is 1. The van der Waals surface area contributed by atoms with Crippen LogP contribution in [0.15, 0.2) is 77.8 Å². The van der Waals surface area contributed by atoms with Crippen molar-refractivity contribution < 1.29 is 9.59 Å².